The lowest BCUT2D eigenvalue weighted by molar-refractivity contribution is -0.129. The van der Waals surface area contributed by atoms with Crippen molar-refractivity contribution in [3.05, 3.63) is 36.4 Å². The van der Waals surface area contributed by atoms with Crippen molar-refractivity contribution in [1.82, 2.24) is 10.2 Å². The Morgan fingerprint density at radius 1 is 1.08 bits per heavy atom. The molecule has 0 saturated carbocycles. The highest BCUT2D eigenvalue weighted by molar-refractivity contribution is 7.93. The number of carbonyl (C=O) groups is 1. The number of benzene rings is 2. The standard InChI is InChI=1S/C19H21N3O3S/c23-18(21-10-9-14-7-8-15(11-21)20-14)12-22-16-5-1-3-13-4-2-6-17(19(13)16)26(22,24)25/h1-6,14-15,20H,7-12H2. The molecule has 1 N–H and O–H groups in total. The molecule has 2 bridgehead atoms. The fourth-order valence-electron chi connectivity index (χ4n) is 4.52. The molecule has 2 atom stereocenters. The highest BCUT2D eigenvalue weighted by atomic mass is 32.2. The van der Waals surface area contributed by atoms with Gasteiger partial charge < -0.3 is 10.2 Å². The maximum Gasteiger partial charge on any atom is 0.265 e. The molecule has 26 heavy (non-hydrogen) atoms. The van der Waals surface area contributed by atoms with Gasteiger partial charge in [0.25, 0.3) is 10.0 Å². The second-order valence-corrected chi connectivity index (χ2v) is 9.24. The quantitative estimate of drug-likeness (QED) is 0.872. The smallest absolute Gasteiger partial charge is 0.265 e. The molecule has 1 amide bonds. The second-order valence-electron chi connectivity index (χ2n) is 7.41. The zero-order valence-electron chi connectivity index (χ0n) is 14.4. The van der Waals surface area contributed by atoms with Crippen molar-refractivity contribution in [2.75, 3.05) is 23.9 Å². The highest BCUT2D eigenvalue weighted by Crippen LogP contribution is 2.41. The molecule has 2 unspecified atom stereocenters. The lowest BCUT2D eigenvalue weighted by Crippen LogP contribution is -2.45. The van der Waals surface area contributed by atoms with E-state index in [0.717, 1.165) is 23.6 Å². The summed E-state index contributed by atoms with van der Waals surface area (Å²) in [6.45, 7) is 1.23. The van der Waals surface area contributed by atoms with Gasteiger partial charge in [0.15, 0.2) is 0 Å². The average Bonchev–Trinajstić information content (AvgIpc) is 3.06. The van der Waals surface area contributed by atoms with Gasteiger partial charge in [-0.3, -0.25) is 9.10 Å². The first-order valence-corrected chi connectivity index (χ1v) is 10.6. The first kappa shape index (κ1) is 16.1. The lowest BCUT2D eigenvalue weighted by atomic mass is 10.1. The van der Waals surface area contributed by atoms with Crippen LogP contribution in [0.4, 0.5) is 5.69 Å². The van der Waals surface area contributed by atoms with Crippen LogP contribution in [0.2, 0.25) is 0 Å². The van der Waals surface area contributed by atoms with Crippen LogP contribution in [-0.2, 0) is 14.8 Å². The molecule has 5 rings (SSSR count). The first-order chi connectivity index (χ1) is 12.5. The highest BCUT2D eigenvalue weighted by Gasteiger charge is 2.38. The number of rotatable bonds is 2. The average molecular weight is 371 g/mol. The fourth-order valence-corrected chi connectivity index (χ4v) is 6.18. The van der Waals surface area contributed by atoms with E-state index in [-0.39, 0.29) is 12.5 Å². The summed E-state index contributed by atoms with van der Waals surface area (Å²) < 4.78 is 27.3. The molecule has 3 aliphatic rings. The summed E-state index contributed by atoms with van der Waals surface area (Å²) in [6, 6.07) is 11.6. The van der Waals surface area contributed by atoms with Gasteiger partial charge in [-0.25, -0.2) is 8.42 Å². The Kier molecular flexibility index (Phi) is 3.52. The van der Waals surface area contributed by atoms with E-state index in [4.69, 9.17) is 0 Å². The van der Waals surface area contributed by atoms with Crippen molar-refractivity contribution in [2.45, 2.75) is 36.2 Å². The molecule has 2 saturated heterocycles. The topological polar surface area (TPSA) is 69.7 Å². The van der Waals surface area contributed by atoms with Crippen LogP contribution in [0.1, 0.15) is 19.3 Å². The van der Waals surface area contributed by atoms with E-state index in [1.165, 1.54) is 10.7 Å². The predicted octanol–water partition coefficient (Wildman–Crippen LogP) is 1.70. The minimum Gasteiger partial charge on any atom is -0.340 e. The maximum absolute atomic E-state index is 13.0. The molecule has 3 aliphatic heterocycles. The molecule has 2 fully saturated rings. The number of amides is 1. The van der Waals surface area contributed by atoms with Crippen LogP contribution in [0.15, 0.2) is 41.3 Å². The van der Waals surface area contributed by atoms with Gasteiger partial charge in [0, 0.05) is 30.6 Å². The van der Waals surface area contributed by atoms with Crippen LogP contribution in [0.5, 0.6) is 0 Å². The summed E-state index contributed by atoms with van der Waals surface area (Å²) in [7, 11) is -3.68. The molecule has 0 spiro atoms. The Morgan fingerprint density at radius 2 is 1.85 bits per heavy atom. The Labute approximate surface area is 152 Å². The molecule has 0 aliphatic carbocycles. The van der Waals surface area contributed by atoms with E-state index in [9.17, 15) is 13.2 Å². The van der Waals surface area contributed by atoms with E-state index in [1.807, 2.05) is 23.1 Å². The summed E-state index contributed by atoms with van der Waals surface area (Å²) in [6.07, 6.45) is 3.19. The van der Waals surface area contributed by atoms with Gasteiger partial charge in [0.05, 0.1) is 10.6 Å². The number of nitrogens with one attached hydrogen (secondary N) is 1. The third-order valence-electron chi connectivity index (χ3n) is 5.84. The van der Waals surface area contributed by atoms with Gasteiger partial charge in [0.1, 0.15) is 6.54 Å². The minimum absolute atomic E-state index is 0.118. The van der Waals surface area contributed by atoms with Gasteiger partial charge in [-0.15, -0.1) is 0 Å². The van der Waals surface area contributed by atoms with Crippen molar-refractivity contribution in [1.29, 1.82) is 0 Å². The zero-order valence-corrected chi connectivity index (χ0v) is 15.2. The molecular weight excluding hydrogens is 350 g/mol. The number of fused-ring (bicyclic) bond motifs is 2. The second kappa shape index (κ2) is 5.69. The van der Waals surface area contributed by atoms with Gasteiger partial charge in [-0.2, -0.15) is 0 Å². The predicted molar refractivity (Wildman–Crippen MR) is 99.6 cm³/mol. The molecule has 2 aromatic rings. The summed E-state index contributed by atoms with van der Waals surface area (Å²) in [5.74, 6) is -0.118. The molecule has 2 aromatic carbocycles. The zero-order chi connectivity index (χ0) is 17.9. The van der Waals surface area contributed by atoms with Gasteiger partial charge >= 0.3 is 0 Å². The van der Waals surface area contributed by atoms with Crippen LogP contribution in [0, 0.1) is 0 Å². The van der Waals surface area contributed by atoms with Gasteiger partial charge in [-0.05, 0) is 36.8 Å². The molecular formula is C19H21N3O3S. The Balaban J connectivity index is 1.46. The molecule has 3 heterocycles. The molecule has 6 nitrogen and oxygen atoms in total. The lowest BCUT2D eigenvalue weighted by Gasteiger charge is -2.27. The van der Waals surface area contributed by atoms with Crippen molar-refractivity contribution >= 4 is 32.4 Å². The Hall–Kier alpha value is -2.12. The monoisotopic (exact) mass is 371 g/mol. The van der Waals surface area contributed by atoms with E-state index in [0.29, 0.717) is 35.8 Å². The summed E-state index contributed by atoms with van der Waals surface area (Å²) in [4.78, 5) is 15.1. The normalized spacial score (nSPS) is 26.3. The first-order valence-electron chi connectivity index (χ1n) is 9.12. The summed E-state index contributed by atoms with van der Waals surface area (Å²) in [5, 5.41) is 5.16. The number of hydrogen-bond donors (Lipinski definition) is 1. The number of likely N-dealkylation sites (tertiary alicyclic amines) is 1. The van der Waals surface area contributed by atoms with Crippen LogP contribution in [0.25, 0.3) is 10.8 Å². The summed E-state index contributed by atoms with van der Waals surface area (Å²) >= 11 is 0. The van der Waals surface area contributed by atoms with Crippen molar-refractivity contribution in [2.24, 2.45) is 0 Å². The molecule has 7 heteroatoms. The largest absolute Gasteiger partial charge is 0.340 e. The maximum atomic E-state index is 13.0. The van der Waals surface area contributed by atoms with Crippen LogP contribution in [0.3, 0.4) is 0 Å². The number of sulfonamides is 1. The Bertz CT molecular complexity index is 999. The third-order valence-corrected chi connectivity index (χ3v) is 7.64. The van der Waals surface area contributed by atoms with E-state index >= 15 is 0 Å². The Morgan fingerprint density at radius 3 is 2.69 bits per heavy atom. The molecule has 0 radical (unpaired) electrons. The van der Waals surface area contributed by atoms with Gasteiger partial charge in [-0.1, -0.05) is 24.3 Å². The fraction of sp³-hybridized carbons (Fsp3) is 0.421. The molecule has 136 valence electrons. The van der Waals surface area contributed by atoms with Crippen LogP contribution < -0.4 is 9.62 Å². The molecule has 0 aromatic heterocycles. The van der Waals surface area contributed by atoms with E-state index in [2.05, 4.69) is 5.32 Å². The van der Waals surface area contributed by atoms with Crippen LogP contribution >= 0.6 is 0 Å². The SMILES string of the molecule is O=C(CN1c2cccc3cccc(c23)S1(=O)=O)N1CCC2CCC(C1)N2. The summed E-state index contributed by atoms with van der Waals surface area (Å²) in [5.41, 5.74) is 0.612. The number of hydrogen-bond acceptors (Lipinski definition) is 4. The number of nitrogens with zero attached hydrogens (tertiary/aromatic N) is 2. The van der Waals surface area contributed by atoms with Crippen LogP contribution in [-0.4, -0.2) is 50.9 Å². The number of anilines is 1. The van der Waals surface area contributed by atoms with Gasteiger partial charge in [0.2, 0.25) is 5.91 Å². The minimum atomic E-state index is -3.68. The van der Waals surface area contributed by atoms with Crippen molar-refractivity contribution < 1.29 is 13.2 Å². The van der Waals surface area contributed by atoms with E-state index < -0.39 is 10.0 Å². The van der Waals surface area contributed by atoms with Crippen molar-refractivity contribution in [3.63, 3.8) is 0 Å². The van der Waals surface area contributed by atoms with E-state index in [1.54, 1.807) is 18.2 Å². The number of carbonyl (C=O) groups excluding carboxylic acids is 1. The third kappa shape index (κ3) is 2.34. The van der Waals surface area contributed by atoms with Crippen molar-refractivity contribution in [3.8, 4) is 0 Å².